The van der Waals surface area contributed by atoms with Gasteiger partial charge < -0.3 is 14.6 Å². The van der Waals surface area contributed by atoms with Gasteiger partial charge in [0.05, 0.1) is 23.6 Å². The molecule has 0 aliphatic carbocycles. The third-order valence-corrected chi connectivity index (χ3v) is 5.83. The van der Waals surface area contributed by atoms with Gasteiger partial charge in [0, 0.05) is 36.6 Å². The minimum atomic E-state index is -0.461. The lowest BCUT2D eigenvalue weighted by atomic mass is 10.1. The molecule has 174 valence electrons. The number of esters is 1. The van der Waals surface area contributed by atoms with Gasteiger partial charge in [-0.05, 0) is 52.8 Å². The first-order valence-corrected chi connectivity index (χ1v) is 10.9. The highest BCUT2D eigenvalue weighted by atomic mass is 16.5. The lowest BCUT2D eigenvalue weighted by molar-refractivity contribution is -0.111. The van der Waals surface area contributed by atoms with E-state index in [-0.39, 0.29) is 17.9 Å². The van der Waals surface area contributed by atoms with Crippen LogP contribution < -0.4 is 10.9 Å². The summed E-state index contributed by atoms with van der Waals surface area (Å²) in [4.78, 5) is 38.3. The van der Waals surface area contributed by atoms with Gasteiger partial charge in [0.15, 0.2) is 0 Å². The zero-order valence-electron chi connectivity index (χ0n) is 19.9. The number of amides is 1. The Labute approximate surface area is 193 Å². The first-order chi connectivity index (χ1) is 15.7. The van der Waals surface area contributed by atoms with Crippen LogP contribution in [0.5, 0.6) is 0 Å². The van der Waals surface area contributed by atoms with E-state index in [0.29, 0.717) is 29.1 Å². The summed E-state index contributed by atoms with van der Waals surface area (Å²) in [5.74, 6) is -0.882. The predicted molar refractivity (Wildman–Crippen MR) is 129 cm³/mol. The standard InChI is InChI=1S/C25H30N4O4/c1-7-28-16(3)20(22(17(28)4)25(32)33-8-2)14-15-21(30)26-23-18(5)27(6)29(24(23)31)19-12-10-9-11-13-19/h9-15H,7-8H2,1-6H3,(H,26,30)/b15-14+. The predicted octanol–water partition coefficient (Wildman–Crippen LogP) is 3.75. The van der Waals surface area contributed by atoms with Gasteiger partial charge in [-0.15, -0.1) is 0 Å². The summed E-state index contributed by atoms with van der Waals surface area (Å²) in [5, 5.41) is 2.71. The summed E-state index contributed by atoms with van der Waals surface area (Å²) in [6, 6.07) is 9.22. The molecule has 33 heavy (non-hydrogen) atoms. The number of nitrogens with zero attached hydrogens (tertiary/aromatic N) is 3. The average Bonchev–Trinajstić information content (AvgIpc) is 3.16. The second-order valence-corrected chi connectivity index (χ2v) is 7.68. The Morgan fingerprint density at radius 1 is 1.03 bits per heavy atom. The second-order valence-electron chi connectivity index (χ2n) is 7.68. The van der Waals surface area contributed by atoms with Crippen LogP contribution in [0.4, 0.5) is 5.69 Å². The average molecular weight is 451 g/mol. The van der Waals surface area contributed by atoms with E-state index in [4.69, 9.17) is 4.74 Å². The molecular formula is C25H30N4O4. The van der Waals surface area contributed by atoms with Crippen molar-refractivity contribution >= 4 is 23.6 Å². The Morgan fingerprint density at radius 2 is 1.70 bits per heavy atom. The highest BCUT2D eigenvalue weighted by molar-refractivity contribution is 6.04. The van der Waals surface area contributed by atoms with Gasteiger partial charge in [-0.1, -0.05) is 18.2 Å². The molecule has 8 heteroatoms. The number of para-hydroxylation sites is 1. The van der Waals surface area contributed by atoms with E-state index < -0.39 is 11.9 Å². The number of rotatable bonds is 7. The van der Waals surface area contributed by atoms with Crippen molar-refractivity contribution in [2.45, 2.75) is 41.2 Å². The topological polar surface area (TPSA) is 87.3 Å². The Balaban J connectivity index is 1.94. The van der Waals surface area contributed by atoms with Gasteiger partial charge in [-0.2, -0.15) is 0 Å². The van der Waals surface area contributed by atoms with Gasteiger partial charge in [-0.3, -0.25) is 14.3 Å². The van der Waals surface area contributed by atoms with Crippen molar-refractivity contribution in [3.63, 3.8) is 0 Å². The lowest BCUT2D eigenvalue weighted by Crippen LogP contribution is -2.22. The molecule has 0 saturated heterocycles. The SMILES string of the molecule is CCOC(=O)c1c(/C=C/C(=O)Nc2c(C)n(C)n(-c3ccccc3)c2=O)c(C)n(CC)c1C. The molecule has 0 unspecified atom stereocenters. The molecule has 2 aromatic heterocycles. The van der Waals surface area contributed by atoms with Crippen LogP contribution in [0.15, 0.2) is 41.2 Å². The molecule has 0 radical (unpaired) electrons. The Kier molecular flexibility index (Phi) is 7.06. The molecule has 0 bridgehead atoms. The summed E-state index contributed by atoms with van der Waals surface area (Å²) in [6.07, 6.45) is 2.94. The van der Waals surface area contributed by atoms with Gasteiger partial charge in [0.25, 0.3) is 5.56 Å². The molecule has 1 amide bonds. The van der Waals surface area contributed by atoms with Crippen LogP contribution in [0.1, 0.15) is 46.9 Å². The Hall–Kier alpha value is -3.81. The van der Waals surface area contributed by atoms with E-state index in [1.54, 1.807) is 31.7 Å². The first-order valence-electron chi connectivity index (χ1n) is 10.9. The maximum Gasteiger partial charge on any atom is 0.340 e. The number of carbonyl (C=O) groups is 2. The molecule has 1 N–H and O–H groups in total. The minimum Gasteiger partial charge on any atom is -0.462 e. The van der Waals surface area contributed by atoms with E-state index in [1.807, 2.05) is 55.7 Å². The highest BCUT2D eigenvalue weighted by Gasteiger charge is 2.22. The monoisotopic (exact) mass is 450 g/mol. The number of hydrogen-bond donors (Lipinski definition) is 1. The third kappa shape index (κ3) is 4.41. The maximum atomic E-state index is 13.0. The molecule has 2 heterocycles. The minimum absolute atomic E-state index is 0.209. The number of aromatic nitrogens is 3. The molecule has 3 rings (SSSR count). The molecule has 0 fully saturated rings. The molecular weight excluding hydrogens is 420 g/mol. The number of ether oxygens (including phenoxy) is 1. The van der Waals surface area contributed by atoms with Crippen molar-refractivity contribution in [2.75, 3.05) is 11.9 Å². The third-order valence-electron chi connectivity index (χ3n) is 5.83. The first kappa shape index (κ1) is 23.8. The number of benzene rings is 1. The molecule has 0 saturated carbocycles. The van der Waals surface area contributed by atoms with Crippen LogP contribution in [0, 0.1) is 20.8 Å². The van der Waals surface area contributed by atoms with E-state index in [2.05, 4.69) is 5.32 Å². The second kappa shape index (κ2) is 9.77. The van der Waals surface area contributed by atoms with E-state index in [0.717, 1.165) is 11.4 Å². The molecule has 3 aromatic rings. The summed E-state index contributed by atoms with van der Waals surface area (Å²) < 4.78 is 10.4. The molecule has 0 atom stereocenters. The number of anilines is 1. The summed E-state index contributed by atoms with van der Waals surface area (Å²) in [6.45, 7) is 10.2. The van der Waals surface area contributed by atoms with Crippen LogP contribution in [0.3, 0.4) is 0 Å². The van der Waals surface area contributed by atoms with Gasteiger partial charge in [0.1, 0.15) is 5.69 Å². The van der Waals surface area contributed by atoms with Crippen molar-refractivity contribution in [3.05, 3.63) is 75.0 Å². The van der Waals surface area contributed by atoms with Crippen molar-refractivity contribution in [2.24, 2.45) is 7.05 Å². The van der Waals surface area contributed by atoms with Crippen LogP contribution >= 0.6 is 0 Å². The van der Waals surface area contributed by atoms with Crippen molar-refractivity contribution in [3.8, 4) is 5.69 Å². The number of nitrogens with one attached hydrogen (secondary N) is 1. The fraction of sp³-hybridized carbons (Fsp3) is 0.320. The van der Waals surface area contributed by atoms with Crippen molar-refractivity contribution in [1.29, 1.82) is 0 Å². The van der Waals surface area contributed by atoms with Crippen molar-refractivity contribution in [1.82, 2.24) is 13.9 Å². The van der Waals surface area contributed by atoms with Crippen LogP contribution in [0.25, 0.3) is 11.8 Å². The van der Waals surface area contributed by atoms with Gasteiger partial charge >= 0.3 is 5.97 Å². The normalized spacial score (nSPS) is 11.2. The number of carbonyl (C=O) groups excluding carboxylic acids is 2. The van der Waals surface area contributed by atoms with Crippen LogP contribution in [0.2, 0.25) is 0 Å². The highest BCUT2D eigenvalue weighted by Crippen LogP contribution is 2.25. The summed E-state index contributed by atoms with van der Waals surface area (Å²) in [7, 11) is 1.76. The van der Waals surface area contributed by atoms with E-state index >= 15 is 0 Å². The Morgan fingerprint density at radius 3 is 2.30 bits per heavy atom. The molecule has 0 spiro atoms. The molecule has 8 nitrogen and oxygen atoms in total. The van der Waals surface area contributed by atoms with Crippen LogP contribution in [-0.4, -0.2) is 32.4 Å². The zero-order valence-corrected chi connectivity index (χ0v) is 19.9. The molecule has 1 aromatic carbocycles. The van der Waals surface area contributed by atoms with Gasteiger partial charge in [-0.25, -0.2) is 9.48 Å². The summed E-state index contributed by atoms with van der Waals surface area (Å²) in [5.41, 5.74) is 3.96. The maximum absolute atomic E-state index is 13.0. The number of hydrogen-bond acceptors (Lipinski definition) is 4. The van der Waals surface area contributed by atoms with E-state index in [9.17, 15) is 14.4 Å². The smallest absolute Gasteiger partial charge is 0.340 e. The van der Waals surface area contributed by atoms with E-state index in [1.165, 1.54) is 10.8 Å². The largest absolute Gasteiger partial charge is 0.462 e. The Bertz CT molecular complexity index is 1280. The summed E-state index contributed by atoms with van der Waals surface area (Å²) >= 11 is 0. The fourth-order valence-electron chi connectivity index (χ4n) is 4.08. The quantitative estimate of drug-likeness (QED) is 0.439. The van der Waals surface area contributed by atoms with Crippen LogP contribution in [-0.2, 0) is 23.1 Å². The fourth-order valence-corrected chi connectivity index (χ4v) is 4.08. The molecule has 0 aliphatic rings. The zero-order chi connectivity index (χ0) is 24.3. The van der Waals surface area contributed by atoms with Gasteiger partial charge in [0.2, 0.25) is 5.91 Å². The molecule has 0 aliphatic heterocycles. The lowest BCUT2D eigenvalue weighted by Gasteiger charge is -2.07. The van der Waals surface area contributed by atoms with Crippen molar-refractivity contribution < 1.29 is 14.3 Å².